The first kappa shape index (κ1) is 14.9. The molecule has 1 aromatic carbocycles. The summed E-state index contributed by atoms with van der Waals surface area (Å²) < 4.78 is 4.98. The van der Waals surface area contributed by atoms with Gasteiger partial charge < -0.3 is 10.5 Å². The standard InChI is InChI=1S/C17H25NO2/c1-2-20-17(19)12-9-13-7-10-14(11-8-13)15-5-3-4-6-16(15)18/h3-6,13-14H,2,7-12,18H2,1H3. The lowest BCUT2D eigenvalue weighted by Gasteiger charge is -2.29. The minimum absolute atomic E-state index is 0.0538. The van der Waals surface area contributed by atoms with E-state index in [1.54, 1.807) is 0 Å². The SMILES string of the molecule is CCOC(=O)CCC1CCC(c2ccccc2N)CC1. The van der Waals surface area contributed by atoms with Gasteiger partial charge in [-0.2, -0.15) is 0 Å². The van der Waals surface area contributed by atoms with Gasteiger partial charge in [-0.3, -0.25) is 4.79 Å². The Morgan fingerprint density at radius 1 is 1.25 bits per heavy atom. The zero-order chi connectivity index (χ0) is 14.4. The average molecular weight is 275 g/mol. The highest BCUT2D eigenvalue weighted by Crippen LogP contribution is 2.39. The smallest absolute Gasteiger partial charge is 0.305 e. The van der Waals surface area contributed by atoms with Gasteiger partial charge in [0.25, 0.3) is 0 Å². The van der Waals surface area contributed by atoms with Crippen molar-refractivity contribution in [2.24, 2.45) is 5.92 Å². The monoisotopic (exact) mass is 275 g/mol. The minimum atomic E-state index is -0.0538. The molecule has 1 aliphatic carbocycles. The van der Waals surface area contributed by atoms with Crippen LogP contribution in [0.2, 0.25) is 0 Å². The number of ether oxygens (including phenoxy) is 1. The van der Waals surface area contributed by atoms with Crippen LogP contribution in [0.4, 0.5) is 5.69 Å². The Morgan fingerprint density at radius 2 is 1.95 bits per heavy atom. The van der Waals surface area contributed by atoms with Crippen LogP contribution in [0, 0.1) is 5.92 Å². The van der Waals surface area contributed by atoms with Crippen molar-refractivity contribution < 1.29 is 9.53 Å². The number of hydrogen-bond acceptors (Lipinski definition) is 3. The molecule has 0 atom stereocenters. The van der Waals surface area contributed by atoms with Crippen LogP contribution in [-0.4, -0.2) is 12.6 Å². The molecule has 0 radical (unpaired) electrons. The highest BCUT2D eigenvalue weighted by Gasteiger charge is 2.23. The van der Waals surface area contributed by atoms with Crippen LogP contribution in [0.3, 0.4) is 0 Å². The summed E-state index contributed by atoms with van der Waals surface area (Å²) in [7, 11) is 0. The van der Waals surface area contributed by atoms with Crippen molar-refractivity contribution in [2.45, 2.75) is 51.4 Å². The summed E-state index contributed by atoms with van der Waals surface area (Å²) in [5, 5.41) is 0. The van der Waals surface area contributed by atoms with Crippen molar-refractivity contribution in [1.29, 1.82) is 0 Å². The van der Waals surface area contributed by atoms with Crippen LogP contribution >= 0.6 is 0 Å². The van der Waals surface area contributed by atoms with Crippen molar-refractivity contribution in [2.75, 3.05) is 12.3 Å². The molecule has 20 heavy (non-hydrogen) atoms. The molecule has 0 unspecified atom stereocenters. The second-order valence-electron chi connectivity index (χ2n) is 5.69. The third-order valence-corrected chi connectivity index (χ3v) is 4.34. The van der Waals surface area contributed by atoms with Crippen molar-refractivity contribution in [3.8, 4) is 0 Å². The summed E-state index contributed by atoms with van der Waals surface area (Å²) in [4.78, 5) is 11.4. The summed E-state index contributed by atoms with van der Waals surface area (Å²) in [5.41, 5.74) is 8.28. The molecule has 0 heterocycles. The van der Waals surface area contributed by atoms with Crippen LogP contribution in [0.1, 0.15) is 56.9 Å². The van der Waals surface area contributed by atoms with Crippen molar-refractivity contribution >= 4 is 11.7 Å². The van der Waals surface area contributed by atoms with Gasteiger partial charge in [0.15, 0.2) is 0 Å². The molecule has 1 fully saturated rings. The maximum Gasteiger partial charge on any atom is 0.305 e. The summed E-state index contributed by atoms with van der Waals surface area (Å²) in [6.07, 6.45) is 6.28. The number of benzene rings is 1. The topological polar surface area (TPSA) is 52.3 Å². The van der Waals surface area contributed by atoms with Crippen molar-refractivity contribution in [3.05, 3.63) is 29.8 Å². The number of esters is 1. The lowest BCUT2D eigenvalue weighted by atomic mass is 9.77. The first-order chi connectivity index (χ1) is 9.70. The van der Waals surface area contributed by atoms with Crippen LogP contribution < -0.4 is 5.73 Å². The summed E-state index contributed by atoms with van der Waals surface area (Å²) in [6.45, 7) is 2.34. The number of para-hydroxylation sites is 1. The van der Waals surface area contributed by atoms with E-state index in [9.17, 15) is 4.79 Å². The number of rotatable bonds is 5. The second kappa shape index (κ2) is 7.32. The molecule has 3 nitrogen and oxygen atoms in total. The van der Waals surface area contributed by atoms with E-state index in [2.05, 4.69) is 12.1 Å². The van der Waals surface area contributed by atoms with E-state index in [1.165, 1.54) is 31.2 Å². The average Bonchev–Trinajstić information content (AvgIpc) is 2.47. The molecule has 0 bridgehead atoms. The maximum absolute atomic E-state index is 11.4. The molecule has 1 aliphatic rings. The molecule has 0 aliphatic heterocycles. The van der Waals surface area contributed by atoms with E-state index in [0.717, 1.165) is 12.1 Å². The lowest BCUT2D eigenvalue weighted by Crippen LogP contribution is -2.16. The van der Waals surface area contributed by atoms with Gasteiger partial charge in [-0.15, -0.1) is 0 Å². The van der Waals surface area contributed by atoms with E-state index >= 15 is 0 Å². The number of hydrogen-bond donors (Lipinski definition) is 1. The summed E-state index contributed by atoms with van der Waals surface area (Å²) >= 11 is 0. The van der Waals surface area contributed by atoms with E-state index < -0.39 is 0 Å². The third kappa shape index (κ3) is 3.99. The third-order valence-electron chi connectivity index (χ3n) is 4.34. The molecule has 3 heteroatoms. The van der Waals surface area contributed by atoms with Gasteiger partial charge in [-0.1, -0.05) is 18.2 Å². The zero-order valence-corrected chi connectivity index (χ0v) is 12.3. The lowest BCUT2D eigenvalue weighted by molar-refractivity contribution is -0.143. The molecular weight excluding hydrogens is 250 g/mol. The normalized spacial score (nSPS) is 22.4. The first-order valence-corrected chi connectivity index (χ1v) is 7.70. The Bertz CT molecular complexity index is 436. The molecule has 0 aromatic heterocycles. The van der Waals surface area contributed by atoms with Gasteiger partial charge >= 0.3 is 5.97 Å². The maximum atomic E-state index is 11.4. The number of carbonyl (C=O) groups is 1. The first-order valence-electron chi connectivity index (χ1n) is 7.70. The van der Waals surface area contributed by atoms with Crippen LogP contribution in [-0.2, 0) is 9.53 Å². The van der Waals surface area contributed by atoms with Gasteiger partial charge in [0.05, 0.1) is 6.61 Å². The van der Waals surface area contributed by atoms with Gasteiger partial charge in [0.1, 0.15) is 0 Å². The Hall–Kier alpha value is -1.51. The van der Waals surface area contributed by atoms with Gasteiger partial charge in [-0.05, 0) is 62.5 Å². The number of nitrogen functional groups attached to an aromatic ring is 1. The van der Waals surface area contributed by atoms with Gasteiger partial charge in [0, 0.05) is 12.1 Å². The number of anilines is 1. The number of carbonyl (C=O) groups excluding carboxylic acids is 1. The van der Waals surface area contributed by atoms with Crippen LogP contribution in [0.5, 0.6) is 0 Å². The molecular formula is C17H25NO2. The predicted octanol–water partition coefficient (Wildman–Crippen LogP) is 3.89. The Morgan fingerprint density at radius 3 is 2.60 bits per heavy atom. The highest BCUT2D eigenvalue weighted by atomic mass is 16.5. The predicted molar refractivity (Wildman–Crippen MR) is 81.4 cm³/mol. The highest BCUT2D eigenvalue weighted by molar-refractivity contribution is 5.69. The fraction of sp³-hybridized carbons (Fsp3) is 0.588. The van der Waals surface area contributed by atoms with Crippen molar-refractivity contribution in [3.63, 3.8) is 0 Å². The zero-order valence-electron chi connectivity index (χ0n) is 12.3. The summed E-state index contributed by atoms with van der Waals surface area (Å²) in [5.74, 6) is 1.21. The van der Waals surface area contributed by atoms with E-state index in [1.807, 2.05) is 19.1 Å². The molecule has 2 rings (SSSR count). The van der Waals surface area contributed by atoms with Crippen LogP contribution in [0.25, 0.3) is 0 Å². The van der Waals surface area contributed by atoms with Gasteiger partial charge in [-0.25, -0.2) is 0 Å². The molecule has 110 valence electrons. The minimum Gasteiger partial charge on any atom is -0.466 e. The Labute approximate surface area is 121 Å². The van der Waals surface area contributed by atoms with E-state index in [-0.39, 0.29) is 5.97 Å². The molecule has 1 saturated carbocycles. The molecule has 2 N–H and O–H groups in total. The Balaban J connectivity index is 1.78. The van der Waals surface area contributed by atoms with E-state index in [0.29, 0.717) is 24.9 Å². The molecule has 1 aromatic rings. The largest absolute Gasteiger partial charge is 0.466 e. The molecule has 0 saturated heterocycles. The fourth-order valence-electron chi connectivity index (χ4n) is 3.20. The summed E-state index contributed by atoms with van der Waals surface area (Å²) in [6, 6.07) is 8.20. The van der Waals surface area contributed by atoms with Crippen molar-refractivity contribution in [1.82, 2.24) is 0 Å². The fourth-order valence-corrected chi connectivity index (χ4v) is 3.20. The van der Waals surface area contributed by atoms with Gasteiger partial charge in [0.2, 0.25) is 0 Å². The molecule has 0 spiro atoms. The van der Waals surface area contributed by atoms with Crippen LogP contribution in [0.15, 0.2) is 24.3 Å². The molecule has 0 amide bonds. The second-order valence-corrected chi connectivity index (χ2v) is 5.69. The quantitative estimate of drug-likeness (QED) is 0.655. The van der Waals surface area contributed by atoms with E-state index in [4.69, 9.17) is 10.5 Å². The number of nitrogens with two attached hydrogens (primary N) is 1. The Kier molecular flexibility index (Phi) is 5.45.